The Morgan fingerprint density at radius 3 is 2.32 bits per heavy atom. The summed E-state index contributed by atoms with van der Waals surface area (Å²) in [7, 11) is 0. The highest BCUT2D eigenvalue weighted by Crippen LogP contribution is 2.36. The Labute approximate surface area is 215 Å². The van der Waals surface area contributed by atoms with Gasteiger partial charge in [0, 0.05) is 29.3 Å². The lowest BCUT2D eigenvalue weighted by Gasteiger charge is -2.23. The fourth-order valence-corrected chi connectivity index (χ4v) is 4.41. The molecule has 7 heteroatoms. The maximum atomic E-state index is 13.9. The summed E-state index contributed by atoms with van der Waals surface area (Å²) >= 11 is 0. The van der Waals surface area contributed by atoms with Crippen LogP contribution in [0.4, 0.5) is 4.39 Å². The van der Waals surface area contributed by atoms with Gasteiger partial charge in [-0.3, -0.25) is 9.59 Å². The molecule has 1 heterocycles. The zero-order valence-electron chi connectivity index (χ0n) is 21.9. The van der Waals surface area contributed by atoms with Crippen LogP contribution < -0.4 is 15.5 Å². The van der Waals surface area contributed by atoms with Crippen LogP contribution in [0, 0.1) is 26.6 Å². The molecule has 0 spiro atoms. The topological polar surface area (TPSA) is 80.6 Å². The number of hydrogen-bond acceptors (Lipinski definition) is 4. The summed E-state index contributed by atoms with van der Waals surface area (Å²) in [5, 5.41) is 13.9. The second-order valence-corrected chi connectivity index (χ2v) is 9.81. The quantitative estimate of drug-likeness (QED) is 0.348. The smallest absolute Gasteiger partial charge is 0.251 e. The third kappa shape index (κ3) is 5.13. The molecule has 1 amide bonds. The van der Waals surface area contributed by atoms with Crippen LogP contribution in [0.15, 0.2) is 59.5 Å². The van der Waals surface area contributed by atoms with E-state index in [1.54, 1.807) is 71.1 Å². The van der Waals surface area contributed by atoms with Gasteiger partial charge in [-0.25, -0.2) is 4.39 Å². The van der Waals surface area contributed by atoms with Crippen molar-refractivity contribution in [2.24, 2.45) is 0 Å². The zero-order valence-corrected chi connectivity index (χ0v) is 21.9. The van der Waals surface area contributed by atoms with Gasteiger partial charge in [-0.15, -0.1) is 0 Å². The monoisotopic (exact) mass is 502 g/mol. The van der Waals surface area contributed by atoms with Gasteiger partial charge in [0.1, 0.15) is 11.6 Å². The van der Waals surface area contributed by atoms with Gasteiger partial charge in [0.05, 0.1) is 16.8 Å². The van der Waals surface area contributed by atoms with Gasteiger partial charge in [0.2, 0.25) is 0 Å². The van der Waals surface area contributed by atoms with Gasteiger partial charge < -0.3 is 19.7 Å². The van der Waals surface area contributed by atoms with Crippen LogP contribution in [0.25, 0.3) is 16.6 Å². The molecular formula is C30H31FN2O4. The molecule has 0 bridgehead atoms. The van der Waals surface area contributed by atoms with E-state index in [0.29, 0.717) is 62.5 Å². The van der Waals surface area contributed by atoms with Gasteiger partial charge in [0.15, 0.2) is 11.2 Å². The summed E-state index contributed by atoms with van der Waals surface area (Å²) in [6, 6.07) is 13.2. The highest BCUT2D eigenvalue weighted by molar-refractivity contribution is 5.98. The minimum atomic E-state index is -1.13. The van der Waals surface area contributed by atoms with Crippen molar-refractivity contribution in [3.05, 3.63) is 98.6 Å². The Morgan fingerprint density at radius 2 is 1.70 bits per heavy atom. The number of aryl methyl sites for hydroxylation is 3. The molecule has 0 fully saturated rings. The second kappa shape index (κ2) is 9.82. The third-order valence-electron chi connectivity index (χ3n) is 6.34. The first-order valence-corrected chi connectivity index (χ1v) is 12.2. The Hall–Kier alpha value is -3.97. The molecule has 0 atom stereocenters. The van der Waals surface area contributed by atoms with Crippen LogP contribution in [0.1, 0.15) is 53.4 Å². The van der Waals surface area contributed by atoms with Crippen molar-refractivity contribution in [3.8, 4) is 17.2 Å². The van der Waals surface area contributed by atoms with Crippen LogP contribution in [0.2, 0.25) is 0 Å². The highest BCUT2D eigenvalue weighted by Gasteiger charge is 2.21. The van der Waals surface area contributed by atoms with Crippen molar-refractivity contribution in [2.75, 3.05) is 6.54 Å². The van der Waals surface area contributed by atoms with Crippen molar-refractivity contribution >= 4 is 16.8 Å². The Kier molecular flexibility index (Phi) is 6.93. The number of aromatic nitrogens is 1. The molecule has 37 heavy (non-hydrogen) atoms. The second-order valence-electron chi connectivity index (χ2n) is 9.81. The average molecular weight is 503 g/mol. The Morgan fingerprint density at radius 1 is 1.03 bits per heavy atom. The summed E-state index contributed by atoms with van der Waals surface area (Å²) in [6.45, 7) is 10.9. The average Bonchev–Trinajstić information content (AvgIpc) is 2.83. The minimum Gasteiger partial charge on any atom is -0.455 e. The molecule has 0 aliphatic carbocycles. The molecule has 1 aromatic heterocycles. The maximum Gasteiger partial charge on any atom is 0.251 e. The van der Waals surface area contributed by atoms with Gasteiger partial charge in [-0.2, -0.15) is 0 Å². The number of fused-ring (bicyclic) bond motifs is 1. The number of carbonyl (C=O) groups excluding carboxylic acids is 1. The van der Waals surface area contributed by atoms with E-state index in [4.69, 9.17) is 4.74 Å². The number of rotatable bonds is 6. The van der Waals surface area contributed by atoms with Gasteiger partial charge in [-0.1, -0.05) is 6.07 Å². The van der Waals surface area contributed by atoms with Crippen molar-refractivity contribution in [1.82, 2.24) is 9.88 Å². The molecule has 0 saturated heterocycles. The molecule has 0 aliphatic rings. The molecule has 0 radical (unpaired) electrons. The van der Waals surface area contributed by atoms with E-state index in [1.165, 1.54) is 12.1 Å². The number of halogens is 1. The number of carbonyl (C=O) groups is 1. The highest BCUT2D eigenvalue weighted by atomic mass is 19.1. The lowest BCUT2D eigenvalue weighted by Crippen LogP contribution is -2.23. The number of aliphatic hydroxyl groups is 1. The molecule has 4 rings (SSSR count). The Balaban J connectivity index is 1.99. The molecule has 2 N–H and O–H groups in total. The lowest BCUT2D eigenvalue weighted by molar-refractivity contribution is 0.0785. The number of pyridine rings is 1. The molecular weight excluding hydrogens is 471 g/mol. The molecule has 192 valence electrons. The van der Waals surface area contributed by atoms with Crippen molar-refractivity contribution < 1.29 is 19.0 Å². The number of nitrogens with one attached hydrogen (secondary N) is 1. The first kappa shape index (κ1) is 26.1. The van der Waals surface area contributed by atoms with E-state index in [0.717, 1.165) is 0 Å². The fraction of sp³-hybridized carbons (Fsp3) is 0.267. The first-order chi connectivity index (χ1) is 17.4. The SMILES string of the molecule is CCNC(=O)c1ccc2c(c1)c(=O)c(C)cn2-c1cc(C(C)(C)O)ccc1Oc1c(C)cc(F)cc1C. The molecule has 6 nitrogen and oxygen atoms in total. The van der Waals surface area contributed by atoms with Crippen LogP contribution in [-0.4, -0.2) is 22.1 Å². The van der Waals surface area contributed by atoms with Crippen molar-refractivity contribution in [1.29, 1.82) is 0 Å². The standard InChI is InChI=1S/C30H31FN2O4/c1-7-32-29(35)20-8-10-24-23(14-20)27(34)19(4)16-33(24)25-15-21(30(5,6)36)9-11-26(25)37-28-17(2)12-22(31)13-18(28)3/h8-16,36H,7H2,1-6H3,(H,32,35). The van der Waals surface area contributed by atoms with E-state index in [2.05, 4.69) is 5.32 Å². The van der Waals surface area contributed by atoms with Crippen molar-refractivity contribution in [2.45, 2.75) is 47.1 Å². The first-order valence-electron chi connectivity index (χ1n) is 12.2. The van der Waals surface area contributed by atoms with Gasteiger partial charge >= 0.3 is 0 Å². The van der Waals surface area contributed by atoms with E-state index in [-0.39, 0.29) is 17.2 Å². The van der Waals surface area contributed by atoms with E-state index in [9.17, 15) is 19.1 Å². The lowest BCUT2D eigenvalue weighted by atomic mass is 9.97. The summed E-state index contributed by atoms with van der Waals surface area (Å²) in [4.78, 5) is 25.6. The number of hydrogen-bond donors (Lipinski definition) is 2. The van der Waals surface area contributed by atoms with Crippen LogP contribution in [-0.2, 0) is 5.60 Å². The third-order valence-corrected chi connectivity index (χ3v) is 6.34. The van der Waals surface area contributed by atoms with E-state index >= 15 is 0 Å². The number of nitrogens with zero attached hydrogens (tertiary/aromatic N) is 1. The van der Waals surface area contributed by atoms with Gasteiger partial charge in [0.25, 0.3) is 5.91 Å². The normalized spacial score (nSPS) is 11.6. The number of ether oxygens (including phenoxy) is 1. The van der Waals surface area contributed by atoms with Crippen LogP contribution in [0.3, 0.4) is 0 Å². The van der Waals surface area contributed by atoms with E-state index < -0.39 is 5.60 Å². The predicted molar refractivity (Wildman–Crippen MR) is 143 cm³/mol. The Bertz CT molecular complexity index is 1560. The summed E-state index contributed by atoms with van der Waals surface area (Å²) < 4.78 is 22.1. The molecule has 0 aliphatic heterocycles. The number of amides is 1. The van der Waals surface area contributed by atoms with Crippen LogP contribution >= 0.6 is 0 Å². The summed E-state index contributed by atoms with van der Waals surface area (Å²) in [5.74, 6) is 0.388. The predicted octanol–water partition coefficient (Wildman–Crippen LogP) is 5.82. The maximum absolute atomic E-state index is 13.9. The molecule has 0 saturated carbocycles. The summed E-state index contributed by atoms with van der Waals surface area (Å²) in [5.41, 5.74) is 2.65. The molecule has 3 aromatic carbocycles. The largest absolute Gasteiger partial charge is 0.455 e. The van der Waals surface area contributed by atoms with Gasteiger partial charge in [-0.05, 0) is 101 Å². The molecule has 0 unspecified atom stereocenters. The molecule has 4 aromatic rings. The van der Waals surface area contributed by atoms with Crippen molar-refractivity contribution in [3.63, 3.8) is 0 Å². The minimum absolute atomic E-state index is 0.177. The van der Waals surface area contributed by atoms with Crippen LogP contribution in [0.5, 0.6) is 11.5 Å². The summed E-state index contributed by atoms with van der Waals surface area (Å²) in [6.07, 6.45) is 1.72. The zero-order chi connectivity index (χ0) is 27.1. The van der Waals surface area contributed by atoms with E-state index in [1.807, 2.05) is 17.6 Å². The number of benzene rings is 3. The fourth-order valence-electron chi connectivity index (χ4n) is 4.41.